The molecule has 0 bridgehead atoms. The quantitative estimate of drug-likeness (QED) is 0.227. The van der Waals surface area contributed by atoms with E-state index in [0.717, 1.165) is 0 Å². The minimum absolute atomic E-state index is 0.0966. The van der Waals surface area contributed by atoms with Crippen LogP contribution in [0.3, 0.4) is 0 Å². The molecular formula is C22H24N4O6. The van der Waals surface area contributed by atoms with Gasteiger partial charge in [0.1, 0.15) is 17.5 Å². The van der Waals surface area contributed by atoms with Crippen LogP contribution in [0.5, 0.6) is 0 Å². The fourth-order valence-corrected chi connectivity index (χ4v) is 3.22. The summed E-state index contributed by atoms with van der Waals surface area (Å²) in [6, 6.07) is 7.65. The van der Waals surface area contributed by atoms with Crippen molar-refractivity contribution in [3.8, 4) is 17.2 Å². The average Bonchev–Trinajstić information content (AvgIpc) is 2.75. The minimum Gasteiger partial charge on any atom is -0.481 e. The third-order valence-electron chi connectivity index (χ3n) is 4.70. The van der Waals surface area contributed by atoms with Crippen molar-refractivity contribution in [1.29, 1.82) is 5.26 Å². The fraction of sp³-hybridized carbons (Fsp3) is 0.364. The first kappa shape index (κ1) is 24.3. The van der Waals surface area contributed by atoms with E-state index in [-0.39, 0.29) is 35.7 Å². The second kappa shape index (κ2) is 11.4. The van der Waals surface area contributed by atoms with Crippen LogP contribution in [0.2, 0.25) is 0 Å². The molecule has 0 amide bonds. The maximum absolute atomic E-state index is 12.7. The van der Waals surface area contributed by atoms with Crippen molar-refractivity contribution in [3.05, 3.63) is 51.2 Å². The Labute approximate surface area is 185 Å². The number of nitro groups is 1. The number of nitriles is 1. The van der Waals surface area contributed by atoms with Crippen molar-refractivity contribution >= 4 is 23.4 Å². The zero-order chi connectivity index (χ0) is 23.7. The van der Waals surface area contributed by atoms with Gasteiger partial charge in [0, 0.05) is 30.7 Å². The predicted octanol–water partition coefficient (Wildman–Crippen LogP) is 4.07. The molecule has 2 rings (SSSR count). The first-order valence-corrected chi connectivity index (χ1v) is 10.1. The number of non-ortho nitro benzene ring substituents is 1. The van der Waals surface area contributed by atoms with Gasteiger partial charge in [0.25, 0.3) is 5.69 Å². The van der Waals surface area contributed by atoms with Crippen LogP contribution in [0.25, 0.3) is 11.1 Å². The van der Waals surface area contributed by atoms with Crippen molar-refractivity contribution < 1.29 is 24.4 Å². The largest absolute Gasteiger partial charge is 0.481 e. The van der Waals surface area contributed by atoms with Crippen LogP contribution in [-0.2, 0) is 9.53 Å². The van der Waals surface area contributed by atoms with Gasteiger partial charge in [-0.1, -0.05) is 6.42 Å². The molecule has 10 nitrogen and oxygen atoms in total. The number of carbonyl (C=O) groups excluding carboxylic acids is 1. The Morgan fingerprint density at radius 1 is 1.25 bits per heavy atom. The number of aromatic nitrogens is 1. The number of carboxylic acids is 1. The highest BCUT2D eigenvalue weighted by Crippen LogP contribution is 2.34. The second-order valence-corrected chi connectivity index (χ2v) is 6.94. The number of benzene rings is 1. The van der Waals surface area contributed by atoms with E-state index in [0.29, 0.717) is 42.6 Å². The van der Waals surface area contributed by atoms with Crippen LogP contribution in [-0.4, -0.2) is 40.1 Å². The van der Waals surface area contributed by atoms with Gasteiger partial charge in [-0.2, -0.15) is 5.26 Å². The van der Waals surface area contributed by atoms with Crippen molar-refractivity contribution in [2.24, 2.45) is 0 Å². The molecule has 0 saturated heterocycles. The SMILES string of the molecule is CCOC(=O)c1c(C)nc(NCCCCCC(=O)O)c(C#N)c1-c1ccc([N+](=O)[O-])cc1. The summed E-state index contributed by atoms with van der Waals surface area (Å²) in [4.78, 5) is 38.1. The number of nitrogens with zero attached hydrogens (tertiary/aromatic N) is 3. The number of carboxylic acid groups (broad SMARTS) is 1. The van der Waals surface area contributed by atoms with Gasteiger partial charge in [-0.3, -0.25) is 14.9 Å². The van der Waals surface area contributed by atoms with E-state index < -0.39 is 16.9 Å². The molecule has 2 N–H and O–H groups in total. The summed E-state index contributed by atoms with van der Waals surface area (Å²) >= 11 is 0. The summed E-state index contributed by atoms with van der Waals surface area (Å²) < 4.78 is 5.15. The Morgan fingerprint density at radius 2 is 1.94 bits per heavy atom. The van der Waals surface area contributed by atoms with E-state index in [1.807, 2.05) is 0 Å². The number of hydrogen-bond donors (Lipinski definition) is 2. The lowest BCUT2D eigenvalue weighted by Gasteiger charge is -2.17. The maximum Gasteiger partial charge on any atom is 0.340 e. The van der Waals surface area contributed by atoms with E-state index in [1.165, 1.54) is 24.3 Å². The molecule has 0 aliphatic heterocycles. The lowest BCUT2D eigenvalue weighted by Crippen LogP contribution is -2.15. The van der Waals surface area contributed by atoms with E-state index in [2.05, 4.69) is 16.4 Å². The first-order chi connectivity index (χ1) is 15.3. The molecule has 1 aromatic heterocycles. The average molecular weight is 440 g/mol. The van der Waals surface area contributed by atoms with Crippen molar-refractivity contribution in [3.63, 3.8) is 0 Å². The molecule has 0 spiro atoms. The third kappa shape index (κ3) is 6.01. The van der Waals surface area contributed by atoms with Crippen LogP contribution in [0, 0.1) is 28.4 Å². The fourth-order valence-electron chi connectivity index (χ4n) is 3.22. The van der Waals surface area contributed by atoms with Crippen molar-refractivity contribution in [1.82, 2.24) is 4.98 Å². The molecule has 1 aromatic carbocycles. The number of unbranched alkanes of at least 4 members (excludes halogenated alkanes) is 2. The first-order valence-electron chi connectivity index (χ1n) is 10.1. The van der Waals surface area contributed by atoms with Crippen LogP contribution >= 0.6 is 0 Å². The summed E-state index contributed by atoms with van der Waals surface area (Å²) in [6.07, 6.45) is 2.01. The van der Waals surface area contributed by atoms with Crippen molar-refractivity contribution in [2.45, 2.75) is 39.5 Å². The zero-order valence-corrected chi connectivity index (χ0v) is 17.9. The predicted molar refractivity (Wildman–Crippen MR) is 116 cm³/mol. The van der Waals surface area contributed by atoms with Crippen LogP contribution in [0.15, 0.2) is 24.3 Å². The Bertz CT molecular complexity index is 1040. The number of pyridine rings is 1. The monoisotopic (exact) mass is 440 g/mol. The molecule has 168 valence electrons. The van der Waals surface area contributed by atoms with Crippen LogP contribution in [0.1, 0.15) is 54.2 Å². The number of anilines is 1. The molecular weight excluding hydrogens is 416 g/mol. The molecule has 0 aliphatic rings. The number of rotatable bonds is 11. The second-order valence-electron chi connectivity index (χ2n) is 6.94. The Balaban J connectivity index is 2.45. The number of aryl methyl sites for hydroxylation is 1. The minimum atomic E-state index is -0.843. The number of esters is 1. The number of nitrogens with one attached hydrogen (secondary N) is 1. The van der Waals surface area contributed by atoms with Crippen LogP contribution in [0.4, 0.5) is 11.5 Å². The molecule has 10 heteroatoms. The molecule has 2 aromatic rings. The van der Waals surface area contributed by atoms with Gasteiger partial charge in [-0.15, -0.1) is 0 Å². The summed E-state index contributed by atoms with van der Waals surface area (Å²) in [7, 11) is 0. The summed E-state index contributed by atoms with van der Waals surface area (Å²) in [5.41, 5.74) is 1.23. The van der Waals surface area contributed by atoms with Gasteiger partial charge < -0.3 is 15.2 Å². The highest BCUT2D eigenvalue weighted by Gasteiger charge is 2.25. The highest BCUT2D eigenvalue weighted by atomic mass is 16.6. The summed E-state index contributed by atoms with van der Waals surface area (Å²) in [6.45, 7) is 3.88. The Hall–Kier alpha value is -4.00. The zero-order valence-electron chi connectivity index (χ0n) is 17.9. The molecule has 1 heterocycles. The number of aliphatic carboxylic acids is 1. The summed E-state index contributed by atoms with van der Waals surface area (Å²) in [5, 5.41) is 32.7. The van der Waals surface area contributed by atoms with E-state index >= 15 is 0 Å². The smallest absolute Gasteiger partial charge is 0.340 e. The summed E-state index contributed by atoms with van der Waals surface area (Å²) in [5.74, 6) is -1.20. The van der Waals surface area contributed by atoms with Gasteiger partial charge >= 0.3 is 11.9 Å². The third-order valence-corrected chi connectivity index (χ3v) is 4.70. The lowest BCUT2D eigenvalue weighted by atomic mass is 9.94. The normalized spacial score (nSPS) is 10.3. The van der Waals surface area contributed by atoms with Gasteiger partial charge in [0.05, 0.1) is 22.8 Å². The maximum atomic E-state index is 12.7. The molecule has 0 fully saturated rings. The molecule has 32 heavy (non-hydrogen) atoms. The van der Waals surface area contributed by atoms with Gasteiger partial charge in [0.2, 0.25) is 0 Å². The highest BCUT2D eigenvalue weighted by molar-refractivity contribution is 6.01. The van der Waals surface area contributed by atoms with Crippen molar-refractivity contribution in [2.75, 3.05) is 18.5 Å². The standard InChI is InChI=1S/C22H24N4O6/c1-3-32-22(29)19-14(2)25-21(24-12-6-4-5-7-18(27)28)17(13-23)20(19)15-8-10-16(11-9-15)26(30)31/h8-11H,3-7,12H2,1-2H3,(H,24,25)(H,27,28). The molecule has 0 atom stereocenters. The molecule has 0 unspecified atom stereocenters. The number of carbonyl (C=O) groups is 2. The van der Waals surface area contributed by atoms with E-state index in [9.17, 15) is 25.0 Å². The Kier molecular flexibility index (Phi) is 8.65. The van der Waals surface area contributed by atoms with E-state index in [4.69, 9.17) is 9.84 Å². The van der Waals surface area contributed by atoms with E-state index in [1.54, 1.807) is 13.8 Å². The van der Waals surface area contributed by atoms with Gasteiger partial charge in [-0.05, 0) is 44.4 Å². The molecule has 0 saturated carbocycles. The number of nitro benzene ring substituents is 1. The number of hydrogen-bond acceptors (Lipinski definition) is 8. The lowest BCUT2D eigenvalue weighted by molar-refractivity contribution is -0.384. The number of ether oxygens (including phenoxy) is 1. The van der Waals surface area contributed by atoms with Gasteiger partial charge in [-0.25, -0.2) is 9.78 Å². The van der Waals surface area contributed by atoms with Gasteiger partial charge in [0.15, 0.2) is 0 Å². The molecule has 0 aliphatic carbocycles. The molecule has 0 radical (unpaired) electrons. The topological polar surface area (TPSA) is 155 Å². The Morgan fingerprint density at radius 3 is 2.50 bits per heavy atom. The van der Waals surface area contributed by atoms with Crippen LogP contribution < -0.4 is 5.32 Å².